The third-order valence-electron chi connectivity index (χ3n) is 3.01. The van der Waals surface area contributed by atoms with Crippen molar-refractivity contribution in [2.45, 2.75) is 23.6 Å². The van der Waals surface area contributed by atoms with Crippen molar-refractivity contribution < 1.29 is 8.78 Å². The number of alkyl halides is 2. The van der Waals surface area contributed by atoms with E-state index in [9.17, 15) is 8.78 Å². The molecule has 2 aromatic rings. The fourth-order valence-electron chi connectivity index (χ4n) is 1.95. The fourth-order valence-corrected chi connectivity index (χ4v) is 2.55. The first-order valence-corrected chi connectivity index (χ1v) is 7.28. The van der Waals surface area contributed by atoms with Gasteiger partial charge in [-0.25, -0.2) is 0 Å². The third kappa shape index (κ3) is 4.20. The molecule has 0 saturated carbocycles. The average Bonchev–Trinajstić information content (AvgIpc) is 2.49. The molecule has 0 fully saturated rings. The van der Waals surface area contributed by atoms with E-state index in [1.54, 1.807) is 30.3 Å². The summed E-state index contributed by atoms with van der Waals surface area (Å²) in [7, 11) is 0. The molecular formula is C16H14F2N2S. The van der Waals surface area contributed by atoms with Gasteiger partial charge in [0.15, 0.2) is 0 Å². The maximum absolute atomic E-state index is 12.5. The van der Waals surface area contributed by atoms with E-state index < -0.39 is 5.76 Å². The normalized spacial score (nSPS) is 12.0. The number of rotatable bonds is 5. The minimum absolute atomic E-state index is 0.0443. The summed E-state index contributed by atoms with van der Waals surface area (Å²) in [4.78, 5) is 0.521. The molecule has 0 spiro atoms. The summed E-state index contributed by atoms with van der Waals surface area (Å²) >= 11 is 0.529. The predicted molar refractivity (Wildman–Crippen MR) is 81.5 cm³/mol. The van der Waals surface area contributed by atoms with E-state index in [-0.39, 0.29) is 6.04 Å². The van der Waals surface area contributed by atoms with Crippen LogP contribution in [0.1, 0.15) is 24.1 Å². The Bertz CT molecular complexity index is 635. The van der Waals surface area contributed by atoms with Gasteiger partial charge in [-0.05, 0) is 36.8 Å². The largest absolute Gasteiger partial charge is 0.378 e. The molecule has 0 aliphatic carbocycles. The Morgan fingerprint density at radius 1 is 1.10 bits per heavy atom. The molecule has 0 bridgehead atoms. The molecule has 2 rings (SSSR count). The summed E-state index contributed by atoms with van der Waals surface area (Å²) in [5.41, 5.74) is 2.27. The SMILES string of the molecule is CC(Nc1ccccc1SC(F)F)c1ccc(C#N)cc1. The van der Waals surface area contributed by atoms with Gasteiger partial charge in [0.1, 0.15) is 0 Å². The zero-order chi connectivity index (χ0) is 15.2. The van der Waals surface area contributed by atoms with E-state index in [2.05, 4.69) is 11.4 Å². The minimum Gasteiger partial charge on any atom is -0.378 e. The van der Waals surface area contributed by atoms with Crippen LogP contribution in [-0.4, -0.2) is 5.76 Å². The third-order valence-corrected chi connectivity index (χ3v) is 3.80. The molecule has 0 amide bonds. The van der Waals surface area contributed by atoms with Crippen molar-refractivity contribution in [3.63, 3.8) is 0 Å². The van der Waals surface area contributed by atoms with Crippen LogP contribution in [0.3, 0.4) is 0 Å². The van der Waals surface area contributed by atoms with E-state index in [1.807, 2.05) is 25.1 Å². The van der Waals surface area contributed by atoms with Gasteiger partial charge in [-0.15, -0.1) is 0 Å². The molecule has 108 valence electrons. The fraction of sp³-hybridized carbons (Fsp3) is 0.188. The van der Waals surface area contributed by atoms with Gasteiger partial charge in [-0.1, -0.05) is 36.0 Å². The number of nitriles is 1. The molecule has 0 aliphatic heterocycles. The molecule has 1 atom stereocenters. The highest BCUT2D eigenvalue weighted by Crippen LogP contribution is 2.33. The van der Waals surface area contributed by atoms with Gasteiger partial charge in [0.05, 0.1) is 11.6 Å². The van der Waals surface area contributed by atoms with Crippen molar-refractivity contribution in [3.8, 4) is 6.07 Å². The topological polar surface area (TPSA) is 35.8 Å². The summed E-state index contributed by atoms with van der Waals surface area (Å²) in [6, 6.07) is 16.2. The molecule has 0 saturated heterocycles. The molecule has 5 heteroatoms. The van der Waals surface area contributed by atoms with Crippen LogP contribution in [0.2, 0.25) is 0 Å². The summed E-state index contributed by atoms with van der Waals surface area (Å²) in [6.07, 6.45) is 0. The van der Waals surface area contributed by atoms with Crippen LogP contribution in [0, 0.1) is 11.3 Å². The van der Waals surface area contributed by atoms with E-state index in [1.165, 1.54) is 0 Å². The molecule has 0 heterocycles. The Labute approximate surface area is 126 Å². The number of thioether (sulfide) groups is 1. The summed E-state index contributed by atoms with van der Waals surface area (Å²) in [6.45, 7) is 1.95. The number of nitrogens with one attached hydrogen (secondary N) is 1. The van der Waals surface area contributed by atoms with Gasteiger partial charge >= 0.3 is 0 Å². The van der Waals surface area contributed by atoms with Crippen LogP contribution in [0.15, 0.2) is 53.4 Å². The number of anilines is 1. The van der Waals surface area contributed by atoms with Gasteiger partial charge in [0.2, 0.25) is 0 Å². The number of hydrogen-bond donors (Lipinski definition) is 1. The lowest BCUT2D eigenvalue weighted by Gasteiger charge is -2.18. The van der Waals surface area contributed by atoms with E-state index in [0.29, 0.717) is 27.9 Å². The maximum atomic E-state index is 12.5. The number of halogens is 2. The molecular weight excluding hydrogens is 290 g/mol. The Kier molecular flexibility index (Phi) is 5.18. The minimum atomic E-state index is -2.45. The Balaban J connectivity index is 2.15. The second-order valence-electron chi connectivity index (χ2n) is 4.47. The first kappa shape index (κ1) is 15.3. The lowest BCUT2D eigenvalue weighted by molar-refractivity contribution is 0.252. The highest BCUT2D eigenvalue weighted by molar-refractivity contribution is 7.99. The van der Waals surface area contributed by atoms with Crippen LogP contribution >= 0.6 is 11.8 Å². The van der Waals surface area contributed by atoms with E-state index in [0.717, 1.165) is 5.56 Å². The van der Waals surface area contributed by atoms with Crippen molar-refractivity contribution in [2.24, 2.45) is 0 Å². The molecule has 0 aromatic heterocycles. The van der Waals surface area contributed by atoms with Crippen molar-refractivity contribution in [1.29, 1.82) is 5.26 Å². The Hall–Kier alpha value is -2.06. The number of hydrogen-bond acceptors (Lipinski definition) is 3. The smallest absolute Gasteiger partial charge is 0.288 e. The van der Waals surface area contributed by atoms with Crippen molar-refractivity contribution >= 4 is 17.4 Å². The van der Waals surface area contributed by atoms with Crippen molar-refractivity contribution in [2.75, 3.05) is 5.32 Å². The monoisotopic (exact) mass is 304 g/mol. The first-order valence-electron chi connectivity index (χ1n) is 6.40. The molecule has 2 aromatic carbocycles. The predicted octanol–water partition coefficient (Wildman–Crippen LogP) is 5.05. The van der Waals surface area contributed by atoms with E-state index >= 15 is 0 Å². The summed E-state index contributed by atoms with van der Waals surface area (Å²) in [5.74, 6) is -2.45. The lowest BCUT2D eigenvalue weighted by Crippen LogP contribution is -2.07. The molecule has 1 unspecified atom stereocenters. The molecule has 2 nitrogen and oxygen atoms in total. The Morgan fingerprint density at radius 2 is 1.76 bits per heavy atom. The highest BCUT2D eigenvalue weighted by atomic mass is 32.2. The lowest BCUT2D eigenvalue weighted by atomic mass is 10.1. The van der Waals surface area contributed by atoms with Crippen molar-refractivity contribution in [1.82, 2.24) is 0 Å². The average molecular weight is 304 g/mol. The van der Waals surface area contributed by atoms with Gasteiger partial charge in [0.25, 0.3) is 5.76 Å². The molecule has 0 aliphatic rings. The van der Waals surface area contributed by atoms with Crippen LogP contribution in [0.4, 0.5) is 14.5 Å². The van der Waals surface area contributed by atoms with Crippen LogP contribution < -0.4 is 5.32 Å². The highest BCUT2D eigenvalue weighted by Gasteiger charge is 2.12. The van der Waals surface area contributed by atoms with Crippen molar-refractivity contribution in [3.05, 3.63) is 59.7 Å². The second-order valence-corrected chi connectivity index (χ2v) is 5.51. The van der Waals surface area contributed by atoms with Crippen LogP contribution in [-0.2, 0) is 0 Å². The van der Waals surface area contributed by atoms with Crippen LogP contribution in [0.25, 0.3) is 0 Å². The molecule has 1 N–H and O–H groups in total. The van der Waals surface area contributed by atoms with Gasteiger partial charge in [0, 0.05) is 16.6 Å². The van der Waals surface area contributed by atoms with E-state index in [4.69, 9.17) is 5.26 Å². The summed E-state index contributed by atoms with van der Waals surface area (Å²) < 4.78 is 25.1. The molecule has 21 heavy (non-hydrogen) atoms. The quantitative estimate of drug-likeness (QED) is 0.785. The second kappa shape index (κ2) is 7.09. The zero-order valence-corrected chi connectivity index (χ0v) is 12.2. The number of para-hydroxylation sites is 1. The zero-order valence-electron chi connectivity index (χ0n) is 11.4. The standard InChI is InChI=1S/C16H14F2N2S/c1-11(13-8-6-12(10-19)7-9-13)20-14-4-2-3-5-15(14)21-16(17)18/h2-9,11,16,20H,1H3. The number of benzene rings is 2. The van der Waals surface area contributed by atoms with Gasteiger partial charge in [-0.3, -0.25) is 0 Å². The van der Waals surface area contributed by atoms with Gasteiger partial charge in [-0.2, -0.15) is 14.0 Å². The number of nitrogens with zero attached hydrogens (tertiary/aromatic N) is 1. The first-order chi connectivity index (χ1) is 10.1. The Morgan fingerprint density at radius 3 is 2.38 bits per heavy atom. The van der Waals surface area contributed by atoms with Crippen LogP contribution in [0.5, 0.6) is 0 Å². The summed E-state index contributed by atoms with van der Waals surface area (Å²) in [5, 5.41) is 12.0. The molecule has 0 radical (unpaired) electrons. The maximum Gasteiger partial charge on any atom is 0.288 e. The van der Waals surface area contributed by atoms with Gasteiger partial charge < -0.3 is 5.32 Å².